The number of hydrogen-bond donors (Lipinski definition) is 2. The molecule has 1 aromatic rings. The van der Waals surface area contributed by atoms with Crippen molar-refractivity contribution in [2.45, 2.75) is 38.6 Å². The van der Waals surface area contributed by atoms with E-state index < -0.39 is 0 Å². The second kappa shape index (κ2) is 3.50. The summed E-state index contributed by atoms with van der Waals surface area (Å²) in [7, 11) is 1.98. The van der Waals surface area contributed by atoms with Gasteiger partial charge < -0.3 is 10.3 Å². The predicted molar refractivity (Wildman–Crippen MR) is 52.7 cm³/mol. The lowest BCUT2D eigenvalue weighted by Crippen LogP contribution is -2.07. The van der Waals surface area contributed by atoms with Crippen molar-refractivity contribution >= 4 is 0 Å². The molecule has 2 rings (SSSR count). The standard InChI is InChI=1S/C10H17N3/c1-3-9-12-8(6-11-2)10(13-9)7-4-5-7/h7,11H,3-6H2,1-2H3,(H,12,13). The van der Waals surface area contributed by atoms with Gasteiger partial charge in [0, 0.05) is 18.9 Å². The molecule has 1 heterocycles. The summed E-state index contributed by atoms with van der Waals surface area (Å²) >= 11 is 0. The molecule has 3 nitrogen and oxygen atoms in total. The molecule has 2 N–H and O–H groups in total. The van der Waals surface area contributed by atoms with Crippen LogP contribution in [0.3, 0.4) is 0 Å². The Morgan fingerprint density at radius 3 is 2.85 bits per heavy atom. The van der Waals surface area contributed by atoms with Crippen molar-refractivity contribution in [2.24, 2.45) is 0 Å². The number of aryl methyl sites for hydroxylation is 1. The average molecular weight is 179 g/mol. The zero-order valence-electron chi connectivity index (χ0n) is 8.35. The molecule has 0 aromatic carbocycles. The van der Waals surface area contributed by atoms with E-state index in [1.54, 1.807) is 0 Å². The minimum Gasteiger partial charge on any atom is -0.345 e. The summed E-state index contributed by atoms with van der Waals surface area (Å²) in [5, 5.41) is 3.17. The van der Waals surface area contributed by atoms with Gasteiger partial charge in [-0.05, 0) is 19.9 Å². The van der Waals surface area contributed by atoms with Crippen molar-refractivity contribution in [1.29, 1.82) is 0 Å². The second-order valence-electron chi connectivity index (χ2n) is 3.71. The Morgan fingerprint density at radius 1 is 1.54 bits per heavy atom. The van der Waals surface area contributed by atoms with Crippen molar-refractivity contribution in [3.05, 3.63) is 17.2 Å². The van der Waals surface area contributed by atoms with Crippen LogP contribution in [0.15, 0.2) is 0 Å². The van der Waals surface area contributed by atoms with Gasteiger partial charge in [-0.2, -0.15) is 0 Å². The normalized spacial score (nSPS) is 16.5. The molecule has 0 bridgehead atoms. The van der Waals surface area contributed by atoms with Crippen molar-refractivity contribution in [2.75, 3.05) is 7.05 Å². The number of nitrogens with one attached hydrogen (secondary N) is 2. The molecule has 1 fully saturated rings. The van der Waals surface area contributed by atoms with E-state index in [4.69, 9.17) is 0 Å². The van der Waals surface area contributed by atoms with Crippen molar-refractivity contribution < 1.29 is 0 Å². The highest BCUT2D eigenvalue weighted by molar-refractivity contribution is 5.23. The van der Waals surface area contributed by atoms with Crippen molar-refractivity contribution in [3.8, 4) is 0 Å². The topological polar surface area (TPSA) is 40.7 Å². The molecule has 0 spiro atoms. The molecular weight excluding hydrogens is 162 g/mol. The maximum absolute atomic E-state index is 4.61. The smallest absolute Gasteiger partial charge is 0.106 e. The Hall–Kier alpha value is -0.830. The monoisotopic (exact) mass is 179 g/mol. The van der Waals surface area contributed by atoms with Gasteiger partial charge in [0.1, 0.15) is 5.82 Å². The Labute approximate surface area is 79.0 Å². The number of rotatable bonds is 4. The lowest BCUT2D eigenvalue weighted by Gasteiger charge is -1.98. The van der Waals surface area contributed by atoms with E-state index in [9.17, 15) is 0 Å². The number of H-pyrrole nitrogens is 1. The highest BCUT2D eigenvalue weighted by atomic mass is 15.0. The van der Waals surface area contributed by atoms with Crippen LogP contribution in [0.25, 0.3) is 0 Å². The van der Waals surface area contributed by atoms with Crippen LogP contribution in [0, 0.1) is 0 Å². The summed E-state index contributed by atoms with van der Waals surface area (Å²) in [5.74, 6) is 1.88. The zero-order chi connectivity index (χ0) is 9.26. The number of imidazole rings is 1. The van der Waals surface area contributed by atoms with E-state index in [-0.39, 0.29) is 0 Å². The SMILES string of the molecule is CCc1nc(C2CC2)c(CNC)[nH]1. The van der Waals surface area contributed by atoms with E-state index >= 15 is 0 Å². The van der Waals surface area contributed by atoms with Crippen LogP contribution in [0.5, 0.6) is 0 Å². The molecule has 0 amide bonds. The molecule has 1 aliphatic carbocycles. The molecule has 13 heavy (non-hydrogen) atoms. The van der Waals surface area contributed by atoms with Gasteiger partial charge in [0.2, 0.25) is 0 Å². The van der Waals surface area contributed by atoms with Crippen LogP contribution < -0.4 is 5.32 Å². The quantitative estimate of drug-likeness (QED) is 0.736. The summed E-state index contributed by atoms with van der Waals surface area (Å²) in [6, 6.07) is 0. The molecule has 1 saturated carbocycles. The van der Waals surface area contributed by atoms with Crippen LogP contribution in [-0.4, -0.2) is 17.0 Å². The lowest BCUT2D eigenvalue weighted by molar-refractivity contribution is 0.780. The highest BCUT2D eigenvalue weighted by Crippen LogP contribution is 2.40. The number of aromatic nitrogens is 2. The fraction of sp³-hybridized carbons (Fsp3) is 0.700. The number of hydrogen-bond acceptors (Lipinski definition) is 2. The third-order valence-electron chi connectivity index (χ3n) is 2.51. The third kappa shape index (κ3) is 1.75. The van der Waals surface area contributed by atoms with Gasteiger partial charge in [-0.1, -0.05) is 6.92 Å². The van der Waals surface area contributed by atoms with Crippen LogP contribution >= 0.6 is 0 Å². The summed E-state index contributed by atoms with van der Waals surface area (Å²) in [4.78, 5) is 7.99. The van der Waals surface area contributed by atoms with Crippen LogP contribution in [0.2, 0.25) is 0 Å². The zero-order valence-corrected chi connectivity index (χ0v) is 8.35. The number of nitrogens with zero attached hydrogens (tertiary/aromatic N) is 1. The molecule has 0 atom stereocenters. The largest absolute Gasteiger partial charge is 0.345 e. The molecule has 0 unspecified atom stereocenters. The predicted octanol–water partition coefficient (Wildman–Crippen LogP) is 1.57. The highest BCUT2D eigenvalue weighted by Gasteiger charge is 2.28. The minimum atomic E-state index is 0.750. The summed E-state index contributed by atoms with van der Waals surface area (Å²) < 4.78 is 0. The van der Waals surface area contributed by atoms with Crippen LogP contribution in [-0.2, 0) is 13.0 Å². The Balaban J connectivity index is 2.22. The molecule has 72 valence electrons. The Kier molecular flexibility index (Phi) is 2.36. The van der Waals surface area contributed by atoms with E-state index in [0.717, 1.165) is 24.7 Å². The third-order valence-corrected chi connectivity index (χ3v) is 2.51. The first-order valence-electron chi connectivity index (χ1n) is 5.07. The van der Waals surface area contributed by atoms with Gasteiger partial charge in [-0.25, -0.2) is 4.98 Å². The first-order valence-corrected chi connectivity index (χ1v) is 5.07. The lowest BCUT2D eigenvalue weighted by atomic mass is 10.2. The van der Waals surface area contributed by atoms with Gasteiger partial charge in [0.05, 0.1) is 11.4 Å². The fourth-order valence-corrected chi connectivity index (χ4v) is 1.65. The average Bonchev–Trinajstić information content (AvgIpc) is 2.89. The van der Waals surface area contributed by atoms with Gasteiger partial charge in [-0.3, -0.25) is 0 Å². The summed E-state index contributed by atoms with van der Waals surface area (Å²) in [6.07, 6.45) is 3.65. The first kappa shape index (κ1) is 8.75. The molecular formula is C10H17N3. The second-order valence-corrected chi connectivity index (χ2v) is 3.71. The van der Waals surface area contributed by atoms with Crippen molar-refractivity contribution in [3.63, 3.8) is 0 Å². The van der Waals surface area contributed by atoms with Gasteiger partial charge >= 0.3 is 0 Å². The van der Waals surface area contributed by atoms with Crippen LogP contribution in [0.4, 0.5) is 0 Å². The maximum atomic E-state index is 4.61. The maximum Gasteiger partial charge on any atom is 0.106 e. The van der Waals surface area contributed by atoms with E-state index in [1.165, 1.54) is 24.2 Å². The molecule has 3 heteroatoms. The molecule has 0 radical (unpaired) electrons. The van der Waals surface area contributed by atoms with Crippen LogP contribution in [0.1, 0.15) is 42.9 Å². The van der Waals surface area contributed by atoms with Gasteiger partial charge in [-0.15, -0.1) is 0 Å². The Morgan fingerprint density at radius 2 is 2.31 bits per heavy atom. The van der Waals surface area contributed by atoms with Crippen molar-refractivity contribution in [1.82, 2.24) is 15.3 Å². The summed E-state index contributed by atoms with van der Waals surface area (Å²) in [6.45, 7) is 3.05. The van der Waals surface area contributed by atoms with Gasteiger partial charge in [0.25, 0.3) is 0 Å². The van der Waals surface area contributed by atoms with E-state index in [1.807, 2.05) is 7.05 Å². The van der Waals surface area contributed by atoms with E-state index in [2.05, 4.69) is 22.2 Å². The van der Waals surface area contributed by atoms with Gasteiger partial charge in [0.15, 0.2) is 0 Å². The first-order chi connectivity index (χ1) is 6.35. The molecule has 0 aliphatic heterocycles. The van der Waals surface area contributed by atoms with E-state index in [0.29, 0.717) is 0 Å². The summed E-state index contributed by atoms with van der Waals surface area (Å²) in [5.41, 5.74) is 2.60. The minimum absolute atomic E-state index is 0.750. The molecule has 1 aromatic heterocycles. The Bertz CT molecular complexity index is 286. The fourth-order valence-electron chi connectivity index (χ4n) is 1.65. The molecule has 1 aliphatic rings. The number of aromatic amines is 1. The molecule has 0 saturated heterocycles.